The minimum Gasteiger partial charge on any atom is -0.264 e. The SMILES string of the molecule is CCCCCCCCCCCCCCCCCCC1=[N+](C)CCN1CC. The largest absolute Gasteiger partial charge is 0.264 e. The van der Waals surface area contributed by atoms with Gasteiger partial charge in [0.25, 0.3) is 0 Å². The molecular weight excluding hydrogens is 316 g/mol. The van der Waals surface area contributed by atoms with Crippen LogP contribution in [0.2, 0.25) is 0 Å². The Balaban J connectivity index is 1.78. The lowest BCUT2D eigenvalue weighted by molar-refractivity contribution is -0.487. The van der Waals surface area contributed by atoms with Gasteiger partial charge in [-0.15, -0.1) is 0 Å². The van der Waals surface area contributed by atoms with Crippen LogP contribution in [-0.4, -0.2) is 42.0 Å². The lowest BCUT2D eigenvalue weighted by Gasteiger charge is -2.10. The third-order valence-electron chi connectivity index (χ3n) is 6.15. The van der Waals surface area contributed by atoms with E-state index in [0.29, 0.717) is 0 Å². The Morgan fingerprint density at radius 2 is 1.08 bits per heavy atom. The highest BCUT2D eigenvalue weighted by Gasteiger charge is 2.25. The van der Waals surface area contributed by atoms with Gasteiger partial charge in [0, 0.05) is 6.42 Å². The predicted octanol–water partition coefficient (Wildman–Crippen LogP) is 7.01. The van der Waals surface area contributed by atoms with Gasteiger partial charge in [-0.2, -0.15) is 0 Å². The third-order valence-corrected chi connectivity index (χ3v) is 6.15. The van der Waals surface area contributed by atoms with Crippen molar-refractivity contribution in [3.05, 3.63) is 0 Å². The zero-order valence-corrected chi connectivity index (χ0v) is 18.5. The van der Waals surface area contributed by atoms with Crippen molar-refractivity contribution in [3.63, 3.8) is 0 Å². The Hall–Kier alpha value is -0.530. The van der Waals surface area contributed by atoms with Gasteiger partial charge in [-0.05, 0) is 13.3 Å². The Morgan fingerprint density at radius 3 is 1.50 bits per heavy atom. The molecule has 0 aromatic carbocycles. The first kappa shape index (κ1) is 23.5. The van der Waals surface area contributed by atoms with Gasteiger partial charge in [0.1, 0.15) is 13.1 Å². The maximum atomic E-state index is 2.56. The fraction of sp³-hybridized carbons (Fsp3) is 0.958. The van der Waals surface area contributed by atoms with E-state index in [1.54, 1.807) is 5.84 Å². The van der Waals surface area contributed by atoms with Crippen molar-refractivity contribution in [1.29, 1.82) is 0 Å². The molecule has 0 radical (unpaired) electrons. The maximum absolute atomic E-state index is 2.56. The molecule has 0 N–H and O–H groups in total. The van der Waals surface area contributed by atoms with Crippen molar-refractivity contribution in [2.75, 3.05) is 26.7 Å². The van der Waals surface area contributed by atoms with Crippen molar-refractivity contribution >= 4 is 5.84 Å². The zero-order valence-electron chi connectivity index (χ0n) is 18.5. The van der Waals surface area contributed by atoms with Crippen molar-refractivity contribution in [1.82, 2.24) is 4.90 Å². The van der Waals surface area contributed by atoms with Crippen LogP contribution in [0, 0.1) is 0 Å². The van der Waals surface area contributed by atoms with E-state index in [2.05, 4.69) is 30.4 Å². The summed E-state index contributed by atoms with van der Waals surface area (Å²) in [5, 5.41) is 0. The number of amidine groups is 1. The Morgan fingerprint density at radius 1 is 0.654 bits per heavy atom. The Kier molecular flexibility index (Phi) is 15.0. The molecule has 0 aliphatic carbocycles. The molecule has 0 atom stereocenters. The summed E-state index contributed by atoms with van der Waals surface area (Å²) in [6.45, 7) is 8.22. The van der Waals surface area contributed by atoms with Gasteiger partial charge in [0.2, 0.25) is 5.84 Å². The molecule has 0 bridgehead atoms. The van der Waals surface area contributed by atoms with Crippen molar-refractivity contribution < 1.29 is 4.58 Å². The second-order valence-electron chi connectivity index (χ2n) is 8.47. The molecule has 2 nitrogen and oxygen atoms in total. The first-order valence-corrected chi connectivity index (χ1v) is 12.1. The molecule has 2 heteroatoms. The van der Waals surface area contributed by atoms with E-state index in [1.807, 2.05) is 0 Å². The highest BCUT2D eigenvalue weighted by atomic mass is 15.3. The first-order valence-electron chi connectivity index (χ1n) is 12.1. The summed E-state index contributed by atoms with van der Waals surface area (Å²) in [4.78, 5) is 2.56. The summed E-state index contributed by atoms with van der Waals surface area (Å²) >= 11 is 0. The van der Waals surface area contributed by atoms with E-state index >= 15 is 0 Å². The Bertz CT molecular complexity index is 348. The second-order valence-corrected chi connectivity index (χ2v) is 8.47. The highest BCUT2D eigenvalue weighted by Crippen LogP contribution is 2.15. The number of unbranched alkanes of at least 4 members (excludes halogenated alkanes) is 15. The van der Waals surface area contributed by atoms with E-state index in [1.165, 1.54) is 129 Å². The standard InChI is InChI=1S/C24H49N2/c1-4-6-7-8-9-10-11-12-13-14-15-16-17-18-19-20-21-24-25(3)22-23-26(24)5-2/h4-23H2,1-3H3/q+1. The number of hydrogen-bond acceptors (Lipinski definition) is 1. The van der Waals surface area contributed by atoms with Gasteiger partial charge < -0.3 is 0 Å². The van der Waals surface area contributed by atoms with Crippen molar-refractivity contribution in [3.8, 4) is 0 Å². The van der Waals surface area contributed by atoms with Crippen LogP contribution in [0.1, 0.15) is 123 Å². The molecule has 0 saturated heterocycles. The molecule has 0 fully saturated rings. The van der Waals surface area contributed by atoms with Gasteiger partial charge in [0.05, 0.1) is 13.6 Å². The van der Waals surface area contributed by atoms with Crippen LogP contribution in [-0.2, 0) is 0 Å². The van der Waals surface area contributed by atoms with E-state index in [0.717, 1.165) is 0 Å². The van der Waals surface area contributed by atoms with Crippen LogP contribution in [0.3, 0.4) is 0 Å². The van der Waals surface area contributed by atoms with E-state index in [9.17, 15) is 0 Å². The lowest BCUT2D eigenvalue weighted by Crippen LogP contribution is -2.28. The summed E-state index contributed by atoms with van der Waals surface area (Å²) in [5.41, 5.74) is 0. The highest BCUT2D eigenvalue weighted by molar-refractivity contribution is 5.78. The number of hydrogen-bond donors (Lipinski definition) is 0. The van der Waals surface area contributed by atoms with Gasteiger partial charge in [-0.3, -0.25) is 9.48 Å². The summed E-state index contributed by atoms with van der Waals surface area (Å²) in [5.74, 6) is 1.60. The van der Waals surface area contributed by atoms with Crippen LogP contribution in [0.25, 0.3) is 0 Å². The topological polar surface area (TPSA) is 6.25 Å². The zero-order chi connectivity index (χ0) is 18.9. The van der Waals surface area contributed by atoms with Crippen LogP contribution in [0.5, 0.6) is 0 Å². The molecule has 0 spiro atoms. The molecular formula is C24H49N2+. The molecule has 0 unspecified atom stereocenters. The van der Waals surface area contributed by atoms with Gasteiger partial charge in [-0.25, -0.2) is 0 Å². The van der Waals surface area contributed by atoms with Crippen LogP contribution < -0.4 is 0 Å². The molecule has 26 heavy (non-hydrogen) atoms. The number of rotatable bonds is 18. The first-order chi connectivity index (χ1) is 12.8. The summed E-state index contributed by atoms with van der Waals surface area (Å²) in [6, 6.07) is 0. The normalized spacial score (nSPS) is 14.7. The van der Waals surface area contributed by atoms with E-state index in [4.69, 9.17) is 0 Å². The summed E-state index contributed by atoms with van der Waals surface area (Å²) in [7, 11) is 2.26. The third kappa shape index (κ3) is 11.2. The number of likely N-dealkylation sites (N-methyl/N-ethyl adjacent to an activating group) is 2. The fourth-order valence-corrected chi connectivity index (χ4v) is 4.29. The predicted molar refractivity (Wildman–Crippen MR) is 117 cm³/mol. The average molecular weight is 366 g/mol. The number of nitrogens with zero attached hydrogens (tertiary/aromatic N) is 2. The molecule has 0 amide bonds. The van der Waals surface area contributed by atoms with Crippen LogP contribution >= 0.6 is 0 Å². The second kappa shape index (κ2) is 16.6. The molecule has 1 rings (SSSR count). The Labute approximate surface area is 165 Å². The quantitative estimate of drug-likeness (QED) is 0.187. The van der Waals surface area contributed by atoms with Gasteiger partial charge in [-0.1, -0.05) is 103 Å². The maximum Gasteiger partial charge on any atom is 0.246 e. The van der Waals surface area contributed by atoms with Crippen LogP contribution in [0.15, 0.2) is 0 Å². The molecule has 154 valence electrons. The molecule has 0 aromatic heterocycles. The fourth-order valence-electron chi connectivity index (χ4n) is 4.29. The molecule has 0 aromatic rings. The lowest BCUT2D eigenvalue weighted by atomic mass is 10.0. The van der Waals surface area contributed by atoms with E-state index < -0.39 is 0 Å². The van der Waals surface area contributed by atoms with Gasteiger partial charge in [0.15, 0.2) is 0 Å². The van der Waals surface area contributed by atoms with Crippen molar-refractivity contribution in [2.24, 2.45) is 0 Å². The minimum absolute atomic E-state index is 1.18. The molecule has 1 aliphatic heterocycles. The molecule has 0 saturated carbocycles. The monoisotopic (exact) mass is 365 g/mol. The summed E-state index contributed by atoms with van der Waals surface area (Å²) in [6.07, 6.45) is 24.6. The van der Waals surface area contributed by atoms with Crippen LogP contribution in [0.4, 0.5) is 0 Å². The molecule has 1 heterocycles. The molecule has 1 aliphatic rings. The smallest absolute Gasteiger partial charge is 0.246 e. The van der Waals surface area contributed by atoms with Crippen molar-refractivity contribution in [2.45, 2.75) is 123 Å². The van der Waals surface area contributed by atoms with Gasteiger partial charge >= 0.3 is 0 Å². The minimum atomic E-state index is 1.18. The average Bonchev–Trinajstić information content (AvgIpc) is 3.01. The summed E-state index contributed by atoms with van der Waals surface area (Å²) < 4.78 is 2.47. The van der Waals surface area contributed by atoms with E-state index in [-0.39, 0.29) is 0 Å².